The predicted octanol–water partition coefficient (Wildman–Crippen LogP) is 0.339. The van der Waals surface area contributed by atoms with Crippen molar-refractivity contribution in [3.8, 4) is 11.3 Å². The van der Waals surface area contributed by atoms with Crippen LogP contribution in [0.2, 0.25) is 0 Å². The van der Waals surface area contributed by atoms with E-state index in [1.807, 2.05) is 0 Å². The van der Waals surface area contributed by atoms with Gasteiger partial charge in [-0.2, -0.15) is 0 Å². The number of nitrogens with zero attached hydrogens (tertiary/aromatic N) is 4. The first-order valence-corrected chi connectivity index (χ1v) is 5.01. The number of nitrogens with two attached hydrogens (primary N) is 1. The Kier molecular flexibility index (Phi) is 3.00. The quantitative estimate of drug-likeness (QED) is 0.617. The van der Waals surface area contributed by atoms with Gasteiger partial charge in [0, 0.05) is 5.56 Å². The fourth-order valence-corrected chi connectivity index (χ4v) is 1.46. The highest BCUT2D eigenvalue weighted by molar-refractivity contribution is 5.73. The molecule has 0 saturated carbocycles. The lowest BCUT2D eigenvalue weighted by molar-refractivity contribution is -0.389. The fourth-order valence-electron chi connectivity index (χ4n) is 1.46. The van der Waals surface area contributed by atoms with Crippen LogP contribution in [0.25, 0.3) is 11.3 Å². The normalized spacial score (nSPS) is 10.2. The van der Waals surface area contributed by atoms with Gasteiger partial charge in [0.2, 0.25) is 5.91 Å². The third-order valence-corrected chi connectivity index (χ3v) is 2.15. The van der Waals surface area contributed by atoms with Crippen LogP contribution >= 0.6 is 0 Å². The molecule has 0 spiro atoms. The first-order valence-electron chi connectivity index (χ1n) is 5.01. The molecule has 1 heterocycles. The van der Waals surface area contributed by atoms with Gasteiger partial charge in [-0.3, -0.25) is 4.79 Å². The smallest absolute Gasteiger partial charge is 0.368 e. The number of carbonyl (C=O) groups is 1. The third-order valence-electron chi connectivity index (χ3n) is 2.15. The minimum atomic E-state index is -0.667. The van der Waals surface area contributed by atoms with E-state index in [1.54, 1.807) is 30.3 Å². The lowest BCUT2D eigenvalue weighted by Gasteiger charge is -1.94. The fraction of sp³-hybridized carbons (Fsp3) is 0.100. The Morgan fingerprint density at radius 1 is 1.33 bits per heavy atom. The van der Waals surface area contributed by atoms with Crippen molar-refractivity contribution < 1.29 is 9.72 Å². The van der Waals surface area contributed by atoms with E-state index in [9.17, 15) is 14.9 Å². The molecule has 18 heavy (non-hydrogen) atoms. The van der Waals surface area contributed by atoms with Crippen LogP contribution in [0.3, 0.4) is 0 Å². The Balaban J connectivity index is 2.48. The highest BCUT2D eigenvalue weighted by Gasteiger charge is 2.24. The van der Waals surface area contributed by atoms with Crippen LogP contribution in [0.5, 0.6) is 0 Å². The molecule has 1 aromatic carbocycles. The highest BCUT2D eigenvalue weighted by Crippen LogP contribution is 2.25. The molecule has 2 N–H and O–H groups in total. The van der Waals surface area contributed by atoms with Gasteiger partial charge in [0.05, 0.1) is 5.10 Å². The first kappa shape index (κ1) is 11.7. The molecule has 2 rings (SSSR count). The third kappa shape index (κ3) is 2.32. The predicted molar refractivity (Wildman–Crippen MR) is 61.3 cm³/mol. The molecule has 0 atom stereocenters. The van der Waals surface area contributed by atoms with E-state index in [0.29, 0.717) is 5.56 Å². The largest absolute Gasteiger partial charge is 0.418 e. The van der Waals surface area contributed by atoms with Crippen LogP contribution in [0.4, 0.5) is 5.82 Å². The maximum absolute atomic E-state index is 10.9. The zero-order chi connectivity index (χ0) is 13.1. The second-order valence-electron chi connectivity index (χ2n) is 3.49. The average molecular weight is 247 g/mol. The summed E-state index contributed by atoms with van der Waals surface area (Å²) in [5.41, 5.74) is 5.66. The van der Waals surface area contributed by atoms with E-state index in [0.717, 1.165) is 4.80 Å². The van der Waals surface area contributed by atoms with Gasteiger partial charge in [-0.1, -0.05) is 35.1 Å². The van der Waals surface area contributed by atoms with Gasteiger partial charge in [-0.05, 0) is 4.92 Å². The molecule has 1 aromatic heterocycles. The topological polar surface area (TPSA) is 117 Å². The Morgan fingerprint density at radius 2 is 2.00 bits per heavy atom. The van der Waals surface area contributed by atoms with Crippen molar-refractivity contribution in [1.82, 2.24) is 15.0 Å². The van der Waals surface area contributed by atoms with Gasteiger partial charge < -0.3 is 15.8 Å². The molecule has 8 nitrogen and oxygen atoms in total. The molecule has 0 aliphatic rings. The molecule has 0 fully saturated rings. The number of hydrogen-bond donors (Lipinski definition) is 1. The Bertz CT molecular complexity index is 593. The number of hydrogen-bond acceptors (Lipinski definition) is 5. The molecular formula is C10H9N5O3. The summed E-state index contributed by atoms with van der Waals surface area (Å²) in [6.45, 7) is -0.298. The Labute approximate surface area is 101 Å². The van der Waals surface area contributed by atoms with Crippen LogP contribution < -0.4 is 5.73 Å². The van der Waals surface area contributed by atoms with Crippen molar-refractivity contribution in [2.45, 2.75) is 6.54 Å². The molecular weight excluding hydrogens is 238 g/mol. The molecule has 2 aromatic rings. The van der Waals surface area contributed by atoms with E-state index in [4.69, 9.17) is 5.73 Å². The van der Waals surface area contributed by atoms with E-state index in [-0.39, 0.29) is 12.2 Å². The van der Waals surface area contributed by atoms with Crippen molar-refractivity contribution >= 4 is 11.7 Å². The van der Waals surface area contributed by atoms with Crippen LogP contribution in [-0.4, -0.2) is 25.8 Å². The van der Waals surface area contributed by atoms with E-state index in [1.165, 1.54) is 0 Å². The zero-order valence-electron chi connectivity index (χ0n) is 9.18. The van der Waals surface area contributed by atoms with Gasteiger partial charge in [0.1, 0.15) is 0 Å². The standard InChI is InChI=1S/C10H9N5O3/c11-8(16)6-14-12-9(10(13-14)15(17)18)7-4-2-1-3-5-7/h1-5H,6H2,(H2,11,16). The monoisotopic (exact) mass is 247 g/mol. The summed E-state index contributed by atoms with van der Waals surface area (Å²) in [6, 6.07) is 8.58. The minimum Gasteiger partial charge on any atom is -0.368 e. The maximum atomic E-state index is 10.9. The molecule has 0 aliphatic heterocycles. The Hall–Kier alpha value is -2.77. The lowest BCUT2D eigenvalue weighted by Crippen LogP contribution is -2.20. The summed E-state index contributed by atoms with van der Waals surface area (Å²) in [4.78, 5) is 21.9. The van der Waals surface area contributed by atoms with Gasteiger partial charge in [-0.25, -0.2) is 0 Å². The number of benzene rings is 1. The number of carbonyl (C=O) groups excluding carboxylic acids is 1. The molecule has 0 saturated heterocycles. The van der Waals surface area contributed by atoms with E-state index in [2.05, 4.69) is 10.2 Å². The SMILES string of the molecule is NC(=O)Cn1nc(-c2ccccc2)c([N+](=O)[O-])n1. The summed E-state index contributed by atoms with van der Waals surface area (Å²) in [6.07, 6.45) is 0. The number of aromatic nitrogens is 3. The van der Waals surface area contributed by atoms with E-state index >= 15 is 0 Å². The molecule has 1 amide bonds. The van der Waals surface area contributed by atoms with E-state index < -0.39 is 16.6 Å². The summed E-state index contributed by atoms with van der Waals surface area (Å²) in [5, 5.41) is 18.4. The first-order chi connectivity index (χ1) is 8.58. The molecule has 0 bridgehead atoms. The van der Waals surface area contributed by atoms with Crippen LogP contribution in [0, 0.1) is 10.1 Å². The zero-order valence-corrected chi connectivity index (χ0v) is 9.18. The van der Waals surface area contributed by atoms with Crippen molar-refractivity contribution in [3.63, 3.8) is 0 Å². The second kappa shape index (κ2) is 4.62. The number of primary amides is 1. The van der Waals surface area contributed by atoms with Crippen LogP contribution in [0.15, 0.2) is 30.3 Å². The molecule has 0 aliphatic carbocycles. The van der Waals surface area contributed by atoms with Crippen molar-refractivity contribution in [3.05, 3.63) is 40.4 Å². The number of rotatable bonds is 4. The molecule has 0 unspecified atom stereocenters. The van der Waals surface area contributed by atoms with Crippen molar-refractivity contribution in [2.24, 2.45) is 5.73 Å². The summed E-state index contributed by atoms with van der Waals surface area (Å²) in [5.74, 6) is -1.07. The summed E-state index contributed by atoms with van der Waals surface area (Å²) >= 11 is 0. The molecule has 92 valence electrons. The van der Waals surface area contributed by atoms with Gasteiger partial charge in [0.25, 0.3) is 0 Å². The maximum Gasteiger partial charge on any atom is 0.418 e. The molecule has 0 radical (unpaired) electrons. The lowest BCUT2D eigenvalue weighted by atomic mass is 10.1. The van der Waals surface area contributed by atoms with Gasteiger partial charge in [-0.15, -0.1) is 5.10 Å². The summed E-state index contributed by atoms with van der Waals surface area (Å²) < 4.78 is 0. The Morgan fingerprint density at radius 3 is 2.56 bits per heavy atom. The van der Waals surface area contributed by atoms with Crippen molar-refractivity contribution in [2.75, 3.05) is 0 Å². The van der Waals surface area contributed by atoms with Crippen LogP contribution in [-0.2, 0) is 11.3 Å². The highest BCUT2D eigenvalue weighted by atomic mass is 16.6. The van der Waals surface area contributed by atoms with Crippen molar-refractivity contribution in [1.29, 1.82) is 0 Å². The van der Waals surface area contributed by atoms with Gasteiger partial charge in [0.15, 0.2) is 12.2 Å². The van der Waals surface area contributed by atoms with Gasteiger partial charge >= 0.3 is 5.82 Å². The average Bonchev–Trinajstić information content (AvgIpc) is 2.73. The number of nitro groups is 1. The second-order valence-corrected chi connectivity index (χ2v) is 3.49. The van der Waals surface area contributed by atoms with Crippen LogP contribution in [0.1, 0.15) is 0 Å². The summed E-state index contributed by atoms with van der Waals surface area (Å²) in [7, 11) is 0. The molecule has 8 heteroatoms. The number of amides is 1. The minimum absolute atomic E-state index is 0.113.